The van der Waals surface area contributed by atoms with Crippen LogP contribution in [-0.2, 0) is 11.2 Å². The Bertz CT molecular complexity index is 600. The first kappa shape index (κ1) is 16.1. The van der Waals surface area contributed by atoms with Gasteiger partial charge in [-0.1, -0.05) is 31.9 Å². The molecule has 3 fully saturated rings. The van der Waals surface area contributed by atoms with Gasteiger partial charge in [0.15, 0.2) is 0 Å². The molecule has 1 aromatic carbocycles. The van der Waals surface area contributed by atoms with Crippen molar-refractivity contribution in [3.8, 4) is 0 Å². The second-order valence-electron chi connectivity index (χ2n) is 8.03. The number of aryl methyl sites for hydroxylation is 1. The Labute approximate surface area is 146 Å². The fourth-order valence-electron chi connectivity index (χ4n) is 4.77. The highest BCUT2D eigenvalue weighted by Gasteiger charge is 2.49. The largest absolute Gasteiger partial charge is 0.312 e. The van der Waals surface area contributed by atoms with Crippen LogP contribution in [-0.4, -0.2) is 36.5 Å². The average molecular weight is 326 g/mol. The molecule has 1 amide bonds. The summed E-state index contributed by atoms with van der Waals surface area (Å²) in [6.07, 6.45) is 9.56. The quantitative estimate of drug-likeness (QED) is 0.834. The van der Waals surface area contributed by atoms with Crippen LogP contribution in [0.15, 0.2) is 24.3 Å². The standard InChI is InChI=1S/C21H30N2O/c1-2-5-17-6-3-9-19(16-17)23-15-12-21(20(23)24)10-13-22(14-11-21)18-7-4-8-18/h3,6,9,16,18H,2,4-5,7-8,10-15H2,1H3. The van der Waals surface area contributed by atoms with Crippen molar-refractivity contribution in [1.29, 1.82) is 0 Å². The Kier molecular flexibility index (Phi) is 4.38. The van der Waals surface area contributed by atoms with E-state index in [2.05, 4.69) is 41.0 Å². The van der Waals surface area contributed by atoms with Crippen molar-refractivity contribution < 1.29 is 4.79 Å². The molecule has 1 aliphatic carbocycles. The Morgan fingerprint density at radius 3 is 2.54 bits per heavy atom. The summed E-state index contributed by atoms with van der Waals surface area (Å²) in [4.78, 5) is 17.9. The van der Waals surface area contributed by atoms with Gasteiger partial charge < -0.3 is 9.80 Å². The molecule has 130 valence electrons. The smallest absolute Gasteiger partial charge is 0.233 e. The van der Waals surface area contributed by atoms with Gasteiger partial charge in [0.1, 0.15) is 0 Å². The van der Waals surface area contributed by atoms with E-state index in [9.17, 15) is 4.79 Å². The van der Waals surface area contributed by atoms with Crippen LogP contribution in [0.1, 0.15) is 57.4 Å². The monoisotopic (exact) mass is 326 g/mol. The lowest BCUT2D eigenvalue weighted by Gasteiger charge is -2.44. The summed E-state index contributed by atoms with van der Waals surface area (Å²) in [6.45, 7) is 5.36. The van der Waals surface area contributed by atoms with Gasteiger partial charge in [0.05, 0.1) is 5.41 Å². The molecule has 0 radical (unpaired) electrons. The molecule has 1 aromatic rings. The molecule has 0 bridgehead atoms. The lowest BCUT2D eigenvalue weighted by Crippen LogP contribution is -2.50. The van der Waals surface area contributed by atoms with E-state index >= 15 is 0 Å². The number of carbonyl (C=O) groups excluding carboxylic acids is 1. The predicted molar refractivity (Wildman–Crippen MR) is 98.3 cm³/mol. The van der Waals surface area contributed by atoms with E-state index in [4.69, 9.17) is 0 Å². The molecular formula is C21H30N2O. The molecular weight excluding hydrogens is 296 g/mol. The molecule has 1 saturated carbocycles. The zero-order valence-electron chi connectivity index (χ0n) is 15.0. The molecule has 3 aliphatic rings. The second-order valence-corrected chi connectivity index (χ2v) is 8.03. The first-order chi connectivity index (χ1) is 11.7. The fourth-order valence-corrected chi connectivity index (χ4v) is 4.77. The number of benzene rings is 1. The summed E-state index contributed by atoms with van der Waals surface area (Å²) in [5.74, 6) is 0.393. The summed E-state index contributed by atoms with van der Waals surface area (Å²) in [7, 11) is 0. The van der Waals surface area contributed by atoms with Crippen LogP contribution in [0, 0.1) is 5.41 Å². The number of nitrogens with zero attached hydrogens (tertiary/aromatic N) is 2. The molecule has 0 unspecified atom stereocenters. The van der Waals surface area contributed by atoms with Crippen molar-refractivity contribution in [2.45, 2.75) is 64.3 Å². The Morgan fingerprint density at radius 2 is 1.88 bits per heavy atom. The van der Waals surface area contributed by atoms with Crippen molar-refractivity contribution in [1.82, 2.24) is 4.90 Å². The predicted octanol–water partition coefficient (Wildman–Crippen LogP) is 4.01. The third-order valence-corrected chi connectivity index (χ3v) is 6.62. The maximum atomic E-state index is 13.2. The number of carbonyl (C=O) groups is 1. The van der Waals surface area contributed by atoms with Crippen LogP contribution < -0.4 is 4.90 Å². The summed E-state index contributed by atoms with van der Waals surface area (Å²) >= 11 is 0. The number of anilines is 1. The van der Waals surface area contributed by atoms with Crippen molar-refractivity contribution in [3.05, 3.63) is 29.8 Å². The van der Waals surface area contributed by atoms with Crippen molar-refractivity contribution in [2.75, 3.05) is 24.5 Å². The summed E-state index contributed by atoms with van der Waals surface area (Å²) in [6, 6.07) is 9.45. The number of hydrogen-bond acceptors (Lipinski definition) is 2. The molecule has 0 aromatic heterocycles. The van der Waals surface area contributed by atoms with Crippen LogP contribution in [0.4, 0.5) is 5.69 Å². The van der Waals surface area contributed by atoms with E-state index in [1.807, 2.05) is 0 Å². The van der Waals surface area contributed by atoms with Crippen molar-refractivity contribution in [3.63, 3.8) is 0 Å². The number of amides is 1. The van der Waals surface area contributed by atoms with Gasteiger partial charge in [0.2, 0.25) is 5.91 Å². The number of hydrogen-bond donors (Lipinski definition) is 0. The van der Waals surface area contributed by atoms with Gasteiger partial charge in [-0.05, 0) is 69.3 Å². The van der Waals surface area contributed by atoms with Crippen LogP contribution in [0.2, 0.25) is 0 Å². The van der Waals surface area contributed by atoms with E-state index in [0.717, 1.165) is 63.5 Å². The van der Waals surface area contributed by atoms with E-state index in [0.29, 0.717) is 5.91 Å². The van der Waals surface area contributed by atoms with Gasteiger partial charge in [-0.3, -0.25) is 4.79 Å². The van der Waals surface area contributed by atoms with E-state index in [-0.39, 0.29) is 5.41 Å². The van der Waals surface area contributed by atoms with E-state index in [1.165, 1.54) is 24.8 Å². The van der Waals surface area contributed by atoms with Gasteiger partial charge in [0, 0.05) is 18.3 Å². The first-order valence-corrected chi connectivity index (χ1v) is 9.87. The van der Waals surface area contributed by atoms with Gasteiger partial charge in [-0.15, -0.1) is 0 Å². The number of piperidine rings is 1. The van der Waals surface area contributed by atoms with Crippen LogP contribution in [0.5, 0.6) is 0 Å². The molecule has 2 heterocycles. The minimum atomic E-state index is -0.0684. The number of rotatable bonds is 4. The minimum Gasteiger partial charge on any atom is -0.312 e. The third kappa shape index (κ3) is 2.77. The van der Waals surface area contributed by atoms with Gasteiger partial charge in [-0.25, -0.2) is 0 Å². The third-order valence-electron chi connectivity index (χ3n) is 6.62. The molecule has 0 atom stereocenters. The lowest BCUT2D eigenvalue weighted by molar-refractivity contribution is -0.128. The SMILES string of the molecule is CCCc1cccc(N2CCC3(CCN(C4CCC4)CC3)C2=O)c1. The molecule has 4 rings (SSSR count). The Morgan fingerprint density at radius 1 is 1.12 bits per heavy atom. The van der Waals surface area contributed by atoms with Crippen LogP contribution in [0.3, 0.4) is 0 Å². The summed E-state index contributed by atoms with van der Waals surface area (Å²) in [5, 5.41) is 0. The topological polar surface area (TPSA) is 23.6 Å². The van der Waals surface area contributed by atoms with Crippen LogP contribution >= 0.6 is 0 Å². The Balaban J connectivity index is 1.45. The maximum Gasteiger partial charge on any atom is 0.233 e. The highest BCUT2D eigenvalue weighted by Crippen LogP contribution is 2.44. The second kappa shape index (κ2) is 6.51. The van der Waals surface area contributed by atoms with E-state index in [1.54, 1.807) is 0 Å². The van der Waals surface area contributed by atoms with Crippen molar-refractivity contribution in [2.24, 2.45) is 5.41 Å². The van der Waals surface area contributed by atoms with E-state index < -0.39 is 0 Å². The van der Waals surface area contributed by atoms with Crippen LogP contribution in [0.25, 0.3) is 0 Å². The Hall–Kier alpha value is -1.35. The molecule has 3 nitrogen and oxygen atoms in total. The highest BCUT2D eigenvalue weighted by atomic mass is 16.2. The zero-order valence-corrected chi connectivity index (χ0v) is 15.0. The van der Waals surface area contributed by atoms with Gasteiger partial charge >= 0.3 is 0 Å². The normalized spacial score (nSPS) is 24.5. The molecule has 0 N–H and O–H groups in total. The molecule has 3 heteroatoms. The minimum absolute atomic E-state index is 0.0684. The molecule has 1 spiro atoms. The summed E-state index contributed by atoms with van der Waals surface area (Å²) in [5.41, 5.74) is 2.40. The average Bonchev–Trinajstić information content (AvgIpc) is 2.86. The summed E-state index contributed by atoms with van der Waals surface area (Å²) < 4.78 is 0. The van der Waals surface area contributed by atoms with Gasteiger partial charge in [0.25, 0.3) is 0 Å². The molecule has 2 saturated heterocycles. The highest BCUT2D eigenvalue weighted by molar-refractivity contribution is 6.00. The maximum absolute atomic E-state index is 13.2. The first-order valence-electron chi connectivity index (χ1n) is 9.87. The molecule has 24 heavy (non-hydrogen) atoms. The zero-order chi connectivity index (χ0) is 16.6. The fraction of sp³-hybridized carbons (Fsp3) is 0.667. The number of likely N-dealkylation sites (tertiary alicyclic amines) is 1. The van der Waals surface area contributed by atoms with Gasteiger partial charge in [-0.2, -0.15) is 0 Å². The lowest BCUT2D eigenvalue weighted by atomic mass is 9.76. The molecule has 2 aliphatic heterocycles. The van der Waals surface area contributed by atoms with Crippen molar-refractivity contribution >= 4 is 11.6 Å².